The second-order valence-electron chi connectivity index (χ2n) is 4.40. The Morgan fingerprint density at radius 2 is 2.06 bits per heavy atom. The third-order valence-corrected chi connectivity index (χ3v) is 4.43. The van der Waals surface area contributed by atoms with Crippen LogP contribution in [0.15, 0.2) is 18.2 Å². The Balaban J connectivity index is 2.37. The summed E-state index contributed by atoms with van der Waals surface area (Å²) in [5, 5.41) is 1.80. The molecule has 1 heterocycles. The molecule has 2 rings (SSSR count). The van der Waals surface area contributed by atoms with Crippen LogP contribution in [0.5, 0.6) is 0 Å². The minimum atomic E-state index is 0.353. The maximum absolute atomic E-state index is 6.20. The molecular formula is C13H14Cl2N2S. The van der Waals surface area contributed by atoms with Gasteiger partial charge in [-0.15, -0.1) is 11.3 Å². The van der Waals surface area contributed by atoms with Crippen LogP contribution in [0.4, 0.5) is 5.13 Å². The quantitative estimate of drug-likeness (QED) is 0.888. The molecule has 0 aliphatic carbocycles. The molecular weight excluding hydrogens is 287 g/mol. The predicted octanol–water partition coefficient (Wildman–Crippen LogP) is 4.75. The average molecular weight is 301 g/mol. The van der Waals surface area contributed by atoms with Crippen molar-refractivity contribution in [3.05, 3.63) is 44.4 Å². The van der Waals surface area contributed by atoms with Crippen molar-refractivity contribution in [2.24, 2.45) is 0 Å². The summed E-state index contributed by atoms with van der Waals surface area (Å²) in [5.41, 5.74) is 7.85. The van der Waals surface area contributed by atoms with E-state index in [0.717, 1.165) is 22.6 Å². The first-order chi connectivity index (χ1) is 8.49. The van der Waals surface area contributed by atoms with E-state index in [0.29, 0.717) is 21.1 Å². The van der Waals surface area contributed by atoms with Gasteiger partial charge in [0, 0.05) is 11.3 Å². The van der Waals surface area contributed by atoms with E-state index in [-0.39, 0.29) is 0 Å². The van der Waals surface area contributed by atoms with Gasteiger partial charge >= 0.3 is 0 Å². The predicted molar refractivity (Wildman–Crippen MR) is 79.9 cm³/mol. The summed E-state index contributed by atoms with van der Waals surface area (Å²) in [6.07, 6.45) is 0.724. The van der Waals surface area contributed by atoms with Gasteiger partial charge in [0.2, 0.25) is 0 Å². The largest absolute Gasteiger partial charge is 0.375 e. The fourth-order valence-electron chi connectivity index (χ4n) is 1.82. The number of aromatic nitrogens is 1. The molecule has 5 heteroatoms. The van der Waals surface area contributed by atoms with Crippen molar-refractivity contribution in [1.82, 2.24) is 4.98 Å². The lowest BCUT2D eigenvalue weighted by Crippen LogP contribution is -1.96. The molecule has 0 amide bonds. The van der Waals surface area contributed by atoms with Crippen molar-refractivity contribution in [1.29, 1.82) is 0 Å². The number of nitrogens with zero attached hydrogens (tertiary/aromatic N) is 1. The first kappa shape index (κ1) is 13.7. The smallest absolute Gasteiger partial charge is 0.180 e. The number of rotatable bonds is 3. The minimum Gasteiger partial charge on any atom is -0.375 e. The molecule has 18 heavy (non-hydrogen) atoms. The van der Waals surface area contributed by atoms with Gasteiger partial charge < -0.3 is 5.73 Å². The summed E-state index contributed by atoms with van der Waals surface area (Å²) in [6, 6.07) is 5.68. The Hall–Kier alpha value is -0.770. The van der Waals surface area contributed by atoms with Crippen LogP contribution in [0.1, 0.15) is 35.9 Å². The van der Waals surface area contributed by atoms with Gasteiger partial charge in [-0.05, 0) is 17.5 Å². The second-order valence-corrected chi connectivity index (χ2v) is 6.31. The van der Waals surface area contributed by atoms with Gasteiger partial charge in [-0.1, -0.05) is 49.2 Å². The maximum atomic E-state index is 6.20. The Kier molecular flexibility index (Phi) is 4.15. The van der Waals surface area contributed by atoms with Crippen LogP contribution in [0, 0.1) is 0 Å². The van der Waals surface area contributed by atoms with Gasteiger partial charge in [-0.25, -0.2) is 4.98 Å². The molecule has 2 aromatic rings. The van der Waals surface area contributed by atoms with E-state index in [2.05, 4.69) is 18.8 Å². The van der Waals surface area contributed by atoms with E-state index >= 15 is 0 Å². The molecule has 96 valence electrons. The number of thiazole rings is 1. The van der Waals surface area contributed by atoms with Gasteiger partial charge in [0.05, 0.1) is 15.7 Å². The number of halogens is 2. The molecule has 0 radical (unpaired) electrons. The number of nitrogen functional groups attached to an aromatic ring is 1. The lowest BCUT2D eigenvalue weighted by atomic mass is 10.0. The van der Waals surface area contributed by atoms with Crippen molar-refractivity contribution in [2.45, 2.75) is 26.2 Å². The summed E-state index contributed by atoms with van der Waals surface area (Å²) in [6.45, 7) is 4.22. The van der Waals surface area contributed by atoms with Crippen LogP contribution < -0.4 is 5.73 Å². The molecule has 0 aliphatic heterocycles. The maximum Gasteiger partial charge on any atom is 0.180 e. The molecule has 0 bridgehead atoms. The number of hydrogen-bond acceptors (Lipinski definition) is 3. The van der Waals surface area contributed by atoms with Gasteiger partial charge in [-0.3, -0.25) is 0 Å². The average Bonchev–Trinajstić information content (AvgIpc) is 2.66. The summed E-state index contributed by atoms with van der Waals surface area (Å²) < 4.78 is 0. The standard InChI is InChI=1S/C13H14Cl2N2S/c1-7(2)12-10(18-13(16)17-12)6-8-4-3-5-9(14)11(8)15/h3-5,7H,6H2,1-2H3,(H2,16,17). The molecule has 0 fully saturated rings. The van der Waals surface area contributed by atoms with Crippen LogP contribution in [0.25, 0.3) is 0 Å². The van der Waals surface area contributed by atoms with E-state index in [1.165, 1.54) is 11.3 Å². The van der Waals surface area contributed by atoms with Gasteiger partial charge in [0.1, 0.15) is 0 Å². The zero-order valence-electron chi connectivity index (χ0n) is 10.2. The van der Waals surface area contributed by atoms with Crippen molar-refractivity contribution in [3.63, 3.8) is 0 Å². The lowest BCUT2D eigenvalue weighted by molar-refractivity contribution is 0.820. The van der Waals surface area contributed by atoms with E-state index in [4.69, 9.17) is 28.9 Å². The summed E-state index contributed by atoms with van der Waals surface area (Å²) in [5.74, 6) is 0.353. The first-order valence-electron chi connectivity index (χ1n) is 5.67. The van der Waals surface area contributed by atoms with E-state index in [9.17, 15) is 0 Å². The van der Waals surface area contributed by atoms with Crippen molar-refractivity contribution in [3.8, 4) is 0 Å². The molecule has 0 spiro atoms. The number of nitrogens with two attached hydrogens (primary N) is 1. The molecule has 0 saturated heterocycles. The van der Waals surface area contributed by atoms with E-state index in [1.54, 1.807) is 6.07 Å². The molecule has 0 atom stereocenters. The third-order valence-electron chi connectivity index (χ3n) is 2.67. The van der Waals surface area contributed by atoms with Crippen LogP contribution in [0.3, 0.4) is 0 Å². The van der Waals surface area contributed by atoms with Crippen molar-refractivity contribution < 1.29 is 0 Å². The molecule has 2 N–H and O–H groups in total. The monoisotopic (exact) mass is 300 g/mol. The fraction of sp³-hybridized carbons (Fsp3) is 0.308. The minimum absolute atomic E-state index is 0.353. The van der Waals surface area contributed by atoms with Gasteiger partial charge in [-0.2, -0.15) is 0 Å². The Morgan fingerprint density at radius 3 is 2.72 bits per heavy atom. The summed E-state index contributed by atoms with van der Waals surface area (Å²) >= 11 is 13.7. The Morgan fingerprint density at radius 1 is 1.33 bits per heavy atom. The van der Waals surface area contributed by atoms with Crippen LogP contribution in [-0.2, 0) is 6.42 Å². The zero-order valence-corrected chi connectivity index (χ0v) is 12.5. The van der Waals surface area contributed by atoms with Gasteiger partial charge in [0.25, 0.3) is 0 Å². The zero-order chi connectivity index (χ0) is 13.3. The van der Waals surface area contributed by atoms with Crippen molar-refractivity contribution in [2.75, 3.05) is 5.73 Å². The van der Waals surface area contributed by atoms with Gasteiger partial charge in [0.15, 0.2) is 5.13 Å². The van der Waals surface area contributed by atoms with Crippen LogP contribution in [0.2, 0.25) is 10.0 Å². The van der Waals surface area contributed by atoms with Crippen LogP contribution in [-0.4, -0.2) is 4.98 Å². The second kappa shape index (κ2) is 5.47. The molecule has 0 saturated carbocycles. The number of benzene rings is 1. The number of hydrogen-bond donors (Lipinski definition) is 1. The Bertz CT molecular complexity index is 564. The highest BCUT2D eigenvalue weighted by atomic mass is 35.5. The number of anilines is 1. The molecule has 2 nitrogen and oxygen atoms in total. The topological polar surface area (TPSA) is 38.9 Å². The molecule has 0 unspecified atom stereocenters. The first-order valence-corrected chi connectivity index (χ1v) is 7.24. The summed E-state index contributed by atoms with van der Waals surface area (Å²) in [4.78, 5) is 5.54. The third kappa shape index (κ3) is 2.79. The van der Waals surface area contributed by atoms with E-state index < -0.39 is 0 Å². The normalized spacial score (nSPS) is 11.2. The lowest BCUT2D eigenvalue weighted by Gasteiger charge is -2.07. The highest BCUT2D eigenvalue weighted by Gasteiger charge is 2.15. The van der Waals surface area contributed by atoms with Crippen molar-refractivity contribution >= 4 is 39.7 Å². The molecule has 1 aromatic heterocycles. The Labute approximate surface area is 121 Å². The molecule has 1 aromatic carbocycles. The highest BCUT2D eigenvalue weighted by molar-refractivity contribution is 7.15. The van der Waals surface area contributed by atoms with E-state index in [1.807, 2.05) is 12.1 Å². The molecule has 0 aliphatic rings. The van der Waals surface area contributed by atoms with Crippen LogP contribution >= 0.6 is 34.5 Å². The summed E-state index contributed by atoms with van der Waals surface area (Å²) in [7, 11) is 0. The SMILES string of the molecule is CC(C)c1nc(N)sc1Cc1cccc(Cl)c1Cl. The fourth-order valence-corrected chi connectivity index (χ4v) is 3.22. The highest BCUT2D eigenvalue weighted by Crippen LogP contribution is 2.32.